The van der Waals surface area contributed by atoms with E-state index in [4.69, 9.17) is 0 Å². The summed E-state index contributed by atoms with van der Waals surface area (Å²) in [5.41, 5.74) is 0. The molecule has 0 aliphatic carbocycles. The number of hydrogen-bond acceptors (Lipinski definition) is 4. The molecule has 0 fully saturated rings. The van der Waals surface area contributed by atoms with Crippen molar-refractivity contribution >= 4 is 17.3 Å². The van der Waals surface area contributed by atoms with Crippen LogP contribution in [0.1, 0.15) is 36.7 Å². The van der Waals surface area contributed by atoms with Gasteiger partial charge in [-0.3, -0.25) is 0 Å². The predicted octanol–water partition coefficient (Wildman–Crippen LogP) is 3.08. The summed E-state index contributed by atoms with van der Waals surface area (Å²) < 4.78 is 2.12. The fourth-order valence-electron chi connectivity index (χ4n) is 1.68. The molecule has 17 heavy (non-hydrogen) atoms. The maximum atomic E-state index is 4.43. The molecule has 4 nitrogen and oxygen atoms in total. The van der Waals surface area contributed by atoms with Crippen molar-refractivity contribution in [2.45, 2.75) is 39.8 Å². The number of imidazole rings is 1. The summed E-state index contributed by atoms with van der Waals surface area (Å²) in [5, 5.41) is 4.46. The highest BCUT2D eigenvalue weighted by molar-refractivity contribution is 7.11. The van der Waals surface area contributed by atoms with Gasteiger partial charge >= 0.3 is 0 Å². The zero-order valence-corrected chi connectivity index (χ0v) is 11.5. The van der Waals surface area contributed by atoms with Gasteiger partial charge in [0, 0.05) is 29.5 Å². The minimum absolute atomic E-state index is 0.220. The lowest BCUT2D eigenvalue weighted by molar-refractivity contribution is 0.634. The summed E-state index contributed by atoms with van der Waals surface area (Å²) in [4.78, 5) is 10.0. The van der Waals surface area contributed by atoms with Crippen LogP contribution in [0, 0.1) is 6.92 Å². The minimum Gasteiger partial charge on any atom is -0.353 e. The molecule has 1 atom stereocenters. The van der Waals surface area contributed by atoms with E-state index < -0.39 is 0 Å². The Morgan fingerprint density at radius 2 is 2.06 bits per heavy atom. The van der Waals surface area contributed by atoms with Crippen LogP contribution < -0.4 is 5.32 Å². The molecule has 2 aromatic rings. The zero-order valence-electron chi connectivity index (χ0n) is 10.6. The van der Waals surface area contributed by atoms with Crippen molar-refractivity contribution in [2.75, 3.05) is 5.32 Å². The molecule has 0 aliphatic heterocycles. The largest absolute Gasteiger partial charge is 0.353 e. The van der Waals surface area contributed by atoms with Gasteiger partial charge in [0.05, 0.1) is 6.04 Å². The molecule has 0 aromatic carbocycles. The van der Waals surface area contributed by atoms with E-state index in [1.807, 2.05) is 18.6 Å². The van der Waals surface area contributed by atoms with Gasteiger partial charge < -0.3 is 9.88 Å². The molecule has 92 valence electrons. The molecule has 2 rings (SSSR count). The van der Waals surface area contributed by atoms with Gasteiger partial charge in [-0.15, -0.1) is 11.3 Å². The van der Waals surface area contributed by atoms with Gasteiger partial charge in [-0.2, -0.15) is 0 Å². The van der Waals surface area contributed by atoms with Crippen molar-refractivity contribution in [1.29, 1.82) is 0 Å². The normalized spacial score (nSPS) is 13.0. The summed E-state index contributed by atoms with van der Waals surface area (Å²) in [6.07, 6.45) is 5.73. The van der Waals surface area contributed by atoms with Crippen molar-refractivity contribution in [3.05, 3.63) is 28.5 Å². The lowest BCUT2D eigenvalue weighted by atomic mass is 10.3. The number of nitrogens with zero attached hydrogens (tertiary/aromatic N) is 3. The van der Waals surface area contributed by atoms with Crippen molar-refractivity contribution < 1.29 is 0 Å². The second-order valence-electron chi connectivity index (χ2n) is 4.44. The number of hydrogen-bond donors (Lipinski definition) is 1. The second-order valence-corrected chi connectivity index (χ2v) is 5.71. The molecule has 5 heteroatoms. The summed E-state index contributed by atoms with van der Waals surface area (Å²) in [6.45, 7) is 8.44. The Labute approximate surface area is 106 Å². The molecule has 2 aromatic heterocycles. The van der Waals surface area contributed by atoms with Crippen molar-refractivity contribution in [3.63, 3.8) is 0 Å². The van der Waals surface area contributed by atoms with Crippen molar-refractivity contribution in [1.82, 2.24) is 14.5 Å². The van der Waals surface area contributed by atoms with Crippen LogP contribution in [-0.4, -0.2) is 20.6 Å². The fourth-order valence-corrected chi connectivity index (χ4v) is 2.50. The number of rotatable bonds is 4. The maximum absolute atomic E-state index is 4.43. The van der Waals surface area contributed by atoms with Crippen molar-refractivity contribution in [3.8, 4) is 0 Å². The second kappa shape index (κ2) is 4.87. The predicted molar refractivity (Wildman–Crippen MR) is 71.6 cm³/mol. The van der Waals surface area contributed by atoms with E-state index in [-0.39, 0.29) is 6.04 Å². The average molecular weight is 250 g/mol. The molecule has 0 radical (unpaired) electrons. The molecular weight excluding hydrogens is 232 g/mol. The number of aryl methyl sites for hydroxylation is 1. The Morgan fingerprint density at radius 1 is 1.29 bits per heavy atom. The summed E-state index contributed by atoms with van der Waals surface area (Å²) >= 11 is 1.73. The van der Waals surface area contributed by atoms with E-state index >= 15 is 0 Å². The van der Waals surface area contributed by atoms with E-state index in [0.29, 0.717) is 6.04 Å². The van der Waals surface area contributed by atoms with Gasteiger partial charge in [0.2, 0.25) is 5.95 Å². The van der Waals surface area contributed by atoms with Crippen LogP contribution in [0.15, 0.2) is 18.6 Å². The zero-order chi connectivity index (χ0) is 12.4. The Kier molecular flexibility index (Phi) is 3.47. The molecular formula is C12H18N4S. The lowest BCUT2D eigenvalue weighted by Crippen LogP contribution is -2.16. The molecule has 0 saturated carbocycles. The number of aromatic nitrogens is 3. The molecule has 0 bridgehead atoms. The van der Waals surface area contributed by atoms with Crippen LogP contribution in [0.3, 0.4) is 0 Å². The Balaban J connectivity index is 2.24. The fraction of sp³-hybridized carbons (Fsp3) is 0.500. The SMILES string of the molecule is Cc1cnc(C(C)n2ccnc2NC(C)C)s1. The lowest BCUT2D eigenvalue weighted by Gasteiger charge is -2.16. The third kappa shape index (κ3) is 2.66. The molecule has 1 unspecified atom stereocenters. The van der Waals surface area contributed by atoms with Gasteiger partial charge in [0.1, 0.15) is 5.01 Å². The third-order valence-electron chi connectivity index (χ3n) is 2.50. The molecule has 1 N–H and O–H groups in total. The van der Waals surface area contributed by atoms with Crippen LogP contribution >= 0.6 is 11.3 Å². The van der Waals surface area contributed by atoms with E-state index in [9.17, 15) is 0 Å². The van der Waals surface area contributed by atoms with Gasteiger partial charge in [-0.05, 0) is 27.7 Å². The molecule has 0 spiro atoms. The molecule has 0 amide bonds. The van der Waals surface area contributed by atoms with Gasteiger partial charge in [-0.25, -0.2) is 9.97 Å². The van der Waals surface area contributed by atoms with Gasteiger partial charge in [0.25, 0.3) is 0 Å². The highest BCUT2D eigenvalue weighted by atomic mass is 32.1. The third-order valence-corrected chi connectivity index (χ3v) is 3.58. The first kappa shape index (κ1) is 12.1. The minimum atomic E-state index is 0.220. The number of thiazole rings is 1. The van der Waals surface area contributed by atoms with Crippen molar-refractivity contribution in [2.24, 2.45) is 0 Å². The smallest absolute Gasteiger partial charge is 0.203 e. The quantitative estimate of drug-likeness (QED) is 0.906. The topological polar surface area (TPSA) is 42.7 Å². The van der Waals surface area contributed by atoms with E-state index in [2.05, 4.69) is 47.5 Å². The first-order chi connectivity index (χ1) is 8.08. The summed E-state index contributed by atoms with van der Waals surface area (Å²) in [7, 11) is 0. The Hall–Kier alpha value is -1.36. The summed E-state index contributed by atoms with van der Waals surface area (Å²) in [6, 6.07) is 0.596. The molecule has 2 heterocycles. The molecule has 0 saturated heterocycles. The average Bonchev–Trinajstić information content (AvgIpc) is 2.85. The van der Waals surface area contributed by atoms with Crippen LogP contribution in [-0.2, 0) is 0 Å². The van der Waals surface area contributed by atoms with E-state index in [1.54, 1.807) is 11.3 Å². The first-order valence-electron chi connectivity index (χ1n) is 5.79. The Bertz CT molecular complexity index is 486. The van der Waals surface area contributed by atoms with Gasteiger partial charge in [0.15, 0.2) is 0 Å². The highest BCUT2D eigenvalue weighted by Gasteiger charge is 2.15. The van der Waals surface area contributed by atoms with Crippen LogP contribution in [0.2, 0.25) is 0 Å². The van der Waals surface area contributed by atoms with Crippen LogP contribution in [0.25, 0.3) is 0 Å². The number of nitrogens with one attached hydrogen (secondary N) is 1. The standard InChI is InChI=1S/C12H18N4S/c1-8(2)15-12-13-5-6-16(12)10(4)11-14-7-9(3)17-11/h5-8,10H,1-4H3,(H,13,15). The maximum Gasteiger partial charge on any atom is 0.203 e. The van der Waals surface area contributed by atoms with E-state index in [0.717, 1.165) is 11.0 Å². The van der Waals surface area contributed by atoms with Crippen LogP contribution in [0.5, 0.6) is 0 Å². The van der Waals surface area contributed by atoms with Gasteiger partial charge in [-0.1, -0.05) is 0 Å². The highest BCUT2D eigenvalue weighted by Crippen LogP contribution is 2.25. The van der Waals surface area contributed by atoms with Crippen LogP contribution in [0.4, 0.5) is 5.95 Å². The first-order valence-corrected chi connectivity index (χ1v) is 6.61. The number of anilines is 1. The van der Waals surface area contributed by atoms with E-state index in [1.165, 1.54) is 4.88 Å². The summed E-state index contributed by atoms with van der Waals surface area (Å²) in [5.74, 6) is 0.903. The molecule has 0 aliphatic rings. The monoisotopic (exact) mass is 250 g/mol. The Morgan fingerprint density at radius 3 is 2.65 bits per heavy atom.